The number of nitrogens with zero attached hydrogens (tertiary/aromatic N) is 5. The summed E-state index contributed by atoms with van der Waals surface area (Å²) in [5.41, 5.74) is 0.603. The topological polar surface area (TPSA) is 63.9 Å². The highest BCUT2D eigenvalue weighted by Crippen LogP contribution is 2.32. The number of amides is 1. The predicted octanol–water partition coefficient (Wildman–Crippen LogP) is 5.00. The number of pyridine rings is 1. The van der Waals surface area contributed by atoms with Gasteiger partial charge in [-0.1, -0.05) is 13.0 Å². The number of hydrogen-bond acceptors (Lipinski definition) is 4. The number of piperidine rings is 1. The Hall–Kier alpha value is -3.30. The molecule has 1 fully saturated rings. The predicted molar refractivity (Wildman–Crippen MR) is 117 cm³/mol. The Bertz CT molecular complexity index is 1150. The van der Waals surface area contributed by atoms with Gasteiger partial charge in [0.2, 0.25) is 0 Å². The molecular formula is C24H25F4N5O. The molecule has 3 aromatic rings. The summed E-state index contributed by atoms with van der Waals surface area (Å²) in [4.78, 5) is 20.6. The van der Waals surface area contributed by atoms with Crippen molar-refractivity contribution in [2.24, 2.45) is 5.92 Å². The molecule has 1 aromatic carbocycles. The number of hydrogen-bond donors (Lipinski definition) is 0. The molecule has 0 aliphatic carbocycles. The third kappa shape index (κ3) is 4.80. The highest BCUT2D eigenvalue weighted by atomic mass is 19.4. The molecule has 3 heterocycles. The monoisotopic (exact) mass is 475 g/mol. The van der Waals surface area contributed by atoms with Gasteiger partial charge in [0, 0.05) is 24.5 Å². The van der Waals surface area contributed by atoms with E-state index in [1.165, 1.54) is 29.3 Å². The first-order chi connectivity index (χ1) is 16.2. The minimum absolute atomic E-state index is 0.0806. The molecule has 0 unspecified atom stereocenters. The van der Waals surface area contributed by atoms with Gasteiger partial charge in [-0.05, 0) is 62.3 Å². The summed E-state index contributed by atoms with van der Waals surface area (Å²) in [6.07, 6.45) is 1.90. The molecule has 4 rings (SSSR count). The van der Waals surface area contributed by atoms with Crippen LogP contribution in [0.1, 0.15) is 53.4 Å². The van der Waals surface area contributed by atoms with E-state index >= 15 is 4.39 Å². The Morgan fingerprint density at radius 2 is 1.88 bits per heavy atom. The van der Waals surface area contributed by atoms with Crippen LogP contribution in [0.15, 0.2) is 42.9 Å². The van der Waals surface area contributed by atoms with Crippen molar-refractivity contribution in [3.8, 4) is 5.69 Å². The van der Waals surface area contributed by atoms with E-state index in [0.29, 0.717) is 36.3 Å². The lowest BCUT2D eigenvalue weighted by atomic mass is 9.86. The summed E-state index contributed by atoms with van der Waals surface area (Å²) < 4.78 is 53.5. The molecule has 1 saturated heterocycles. The number of carbonyl (C=O) groups is 1. The molecule has 6 nitrogen and oxygen atoms in total. The number of carbonyl (C=O) groups excluding carboxylic acids is 1. The largest absolute Gasteiger partial charge is 0.417 e. The second-order valence-corrected chi connectivity index (χ2v) is 8.67. The summed E-state index contributed by atoms with van der Waals surface area (Å²) in [5.74, 6) is -0.944. The van der Waals surface area contributed by atoms with Gasteiger partial charge in [0.25, 0.3) is 5.91 Å². The fourth-order valence-corrected chi connectivity index (χ4v) is 4.58. The maximum atomic E-state index is 15.0. The third-order valence-electron chi connectivity index (χ3n) is 6.39. The van der Waals surface area contributed by atoms with Crippen LogP contribution in [0.2, 0.25) is 0 Å². The highest BCUT2D eigenvalue weighted by molar-refractivity contribution is 5.98. The van der Waals surface area contributed by atoms with Gasteiger partial charge < -0.3 is 4.90 Å². The van der Waals surface area contributed by atoms with Gasteiger partial charge in [0.1, 0.15) is 17.1 Å². The minimum Gasteiger partial charge on any atom is -0.335 e. The van der Waals surface area contributed by atoms with Crippen LogP contribution < -0.4 is 0 Å². The number of halogens is 4. The van der Waals surface area contributed by atoms with Gasteiger partial charge in [-0.25, -0.2) is 4.39 Å². The van der Waals surface area contributed by atoms with Crippen LogP contribution in [-0.4, -0.2) is 43.4 Å². The van der Waals surface area contributed by atoms with E-state index < -0.39 is 23.5 Å². The Balaban J connectivity index is 1.60. The molecule has 2 atom stereocenters. The van der Waals surface area contributed by atoms with Crippen molar-refractivity contribution in [1.82, 2.24) is 24.9 Å². The second kappa shape index (κ2) is 9.52. The SMILES string of the molecule is Cc1ccc(F)c(C(=O)N2CCC[C@@H](C)[C@H]2CCc2ccc(C(F)(F)F)cn2)c1-n1nccn1. The van der Waals surface area contributed by atoms with E-state index in [4.69, 9.17) is 0 Å². The molecule has 1 aliphatic rings. The lowest BCUT2D eigenvalue weighted by Gasteiger charge is -2.40. The van der Waals surface area contributed by atoms with Gasteiger partial charge in [-0.15, -0.1) is 0 Å². The van der Waals surface area contributed by atoms with Gasteiger partial charge >= 0.3 is 6.18 Å². The molecule has 2 aromatic heterocycles. The highest BCUT2D eigenvalue weighted by Gasteiger charge is 2.35. The molecule has 0 bridgehead atoms. The molecule has 180 valence electrons. The summed E-state index contributed by atoms with van der Waals surface area (Å²) in [5, 5.41) is 8.18. The van der Waals surface area contributed by atoms with Crippen molar-refractivity contribution in [2.45, 2.75) is 51.7 Å². The summed E-state index contributed by atoms with van der Waals surface area (Å²) in [6.45, 7) is 4.27. The normalized spacial score (nSPS) is 18.8. The summed E-state index contributed by atoms with van der Waals surface area (Å²) >= 11 is 0. The zero-order valence-electron chi connectivity index (χ0n) is 18.9. The zero-order valence-corrected chi connectivity index (χ0v) is 18.9. The molecule has 34 heavy (non-hydrogen) atoms. The number of alkyl halides is 3. The van der Waals surface area contributed by atoms with Crippen LogP contribution in [0.5, 0.6) is 0 Å². The second-order valence-electron chi connectivity index (χ2n) is 8.67. The fraction of sp³-hybridized carbons (Fsp3) is 0.417. The standard InChI is InChI=1S/C24H25F4N5O/c1-15-4-3-13-32(20(15)10-8-18-7-6-17(14-29-18)24(26,27)28)23(34)21-19(25)9-5-16(2)22(21)33-30-11-12-31-33/h5-7,9,11-12,14-15,20H,3-4,8,10,13H2,1-2H3/t15-,20-/m1/s1. The third-order valence-corrected chi connectivity index (χ3v) is 6.39. The maximum absolute atomic E-state index is 15.0. The number of rotatable bonds is 5. The Labute approximate surface area is 194 Å². The van der Waals surface area contributed by atoms with Crippen molar-refractivity contribution >= 4 is 5.91 Å². The Kier molecular flexibility index (Phi) is 6.67. The van der Waals surface area contributed by atoms with Crippen LogP contribution in [0.3, 0.4) is 0 Å². The molecule has 0 saturated carbocycles. The van der Waals surface area contributed by atoms with Crippen LogP contribution in [0, 0.1) is 18.7 Å². The molecular weight excluding hydrogens is 450 g/mol. The minimum atomic E-state index is -4.44. The fourth-order valence-electron chi connectivity index (χ4n) is 4.58. The van der Waals surface area contributed by atoms with E-state index in [-0.39, 0.29) is 17.5 Å². The van der Waals surface area contributed by atoms with Crippen LogP contribution in [-0.2, 0) is 12.6 Å². The van der Waals surface area contributed by atoms with E-state index in [0.717, 1.165) is 25.1 Å². The number of benzene rings is 1. The van der Waals surface area contributed by atoms with E-state index in [2.05, 4.69) is 15.2 Å². The average molecular weight is 475 g/mol. The summed E-state index contributed by atoms with van der Waals surface area (Å²) in [7, 11) is 0. The van der Waals surface area contributed by atoms with Crippen LogP contribution >= 0.6 is 0 Å². The first-order valence-electron chi connectivity index (χ1n) is 11.2. The zero-order chi connectivity index (χ0) is 24.5. The van der Waals surface area contributed by atoms with Crippen molar-refractivity contribution in [2.75, 3.05) is 6.54 Å². The van der Waals surface area contributed by atoms with Gasteiger partial charge in [-0.3, -0.25) is 9.78 Å². The quantitative estimate of drug-likeness (QED) is 0.487. The first kappa shape index (κ1) is 23.8. The number of likely N-dealkylation sites (tertiary alicyclic amines) is 1. The first-order valence-corrected chi connectivity index (χ1v) is 11.2. The molecule has 10 heteroatoms. The van der Waals surface area contributed by atoms with Crippen molar-refractivity contribution in [3.05, 3.63) is 71.1 Å². The number of aromatic nitrogens is 4. The Morgan fingerprint density at radius 3 is 2.53 bits per heavy atom. The van der Waals surface area contributed by atoms with E-state index in [9.17, 15) is 18.0 Å². The molecule has 0 radical (unpaired) electrons. The smallest absolute Gasteiger partial charge is 0.335 e. The van der Waals surface area contributed by atoms with E-state index in [1.54, 1.807) is 17.9 Å². The van der Waals surface area contributed by atoms with Crippen molar-refractivity contribution < 1.29 is 22.4 Å². The van der Waals surface area contributed by atoms with Crippen LogP contribution in [0.4, 0.5) is 17.6 Å². The summed E-state index contributed by atoms with van der Waals surface area (Å²) in [6, 6.07) is 5.02. The van der Waals surface area contributed by atoms with Gasteiger partial charge in [0.15, 0.2) is 0 Å². The average Bonchev–Trinajstić information content (AvgIpc) is 3.33. The lowest BCUT2D eigenvalue weighted by Crippen LogP contribution is -2.48. The van der Waals surface area contributed by atoms with Gasteiger partial charge in [-0.2, -0.15) is 28.2 Å². The molecule has 1 aliphatic heterocycles. The van der Waals surface area contributed by atoms with E-state index in [1.807, 2.05) is 6.92 Å². The Morgan fingerprint density at radius 1 is 1.15 bits per heavy atom. The lowest BCUT2D eigenvalue weighted by molar-refractivity contribution is -0.137. The molecule has 0 spiro atoms. The molecule has 0 N–H and O–H groups in total. The maximum Gasteiger partial charge on any atom is 0.417 e. The number of aryl methyl sites for hydroxylation is 2. The van der Waals surface area contributed by atoms with Gasteiger partial charge in [0.05, 0.1) is 18.0 Å². The van der Waals surface area contributed by atoms with Crippen molar-refractivity contribution in [1.29, 1.82) is 0 Å². The molecule has 1 amide bonds. The van der Waals surface area contributed by atoms with Crippen molar-refractivity contribution in [3.63, 3.8) is 0 Å². The van der Waals surface area contributed by atoms with Crippen LogP contribution in [0.25, 0.3) is 5.69 Å².